The SMILES string of the molecule is CCCNC1CCOCC1N(C)Cc1ccccc1. The first-order chi connectivity index (χ1) is 9.31. The molecule has 0 amide bonds. The summed E-state index contributed by atoms with van der Waals surface area (Å²) in [5.41, 5.74) is 1.37. The molecule has 1 saturated heterocycles. The fraction of sp³-hybridized carbons (Fsp3) is 0.625. The molecule has 1 aromatic rings. The zero-order valence-electron chi connectivity index (χ0n) is 12.1. The van der Waals surface area contributed by atoms with E-state index in [-0.39, 0.29) is 0 Å². The molecule has 0 bridgehead atoms. The average molecular weight is 262 g/mol. The lowest BCUT2D eigenvalue weighted by atomic mass is 10.0. The van der Waals surface area contributed by atoms with E-state index in [1.54, 1.807) is 0 Å². The van der Waals surface area contributed by atoms with E-state index in [4.69, 9.17) is 4.74 Å². The minimum absolute atomic E-state index is 0.473. The smallest absolute Gasteiger partial charge is 0.0637 e. The summed E-state index contributed by atoms with van der Waals surface area (Å²) in [7, 11) is 2.20. The van der Waals surface area contributed by atoms with Gasteiger partial charge in [0.25, 0.3) is 0 Å². The Morgan fingerprint density at radius 1 is 1.32 bits per heavy atom. The van der Waals surface area contributed by atoms with Gasteiger partial charge in [-0.15, -0.1) is 0 Å². The van der Waals surface area contributed by atoms with Gasteiger partial charge in [-0.05, 0) is 32.0 Å². The normalized spacial score (nSPS) is 23.7. The molecule has 1 aromatic carbocycles. The van der Waals surface area contributed by atoms with Crippen LogP contribution in [-0.2, 0) is 11.3 Å². The van der Waals surface area contributed by atoms with Gasteiger partial charge in [-0.25, -0.2) is 0 Å². The van der Waals surface area contributed by atoms with Crippen LogP contribution >= 0.6 is 0 Å². The molecule has 19 heavy (non-hydrogen) atoms. The summed E-state index contributed by atoms with van der Waals surface area (Å²) in [6.07, 6.45) is 2.30. The first-order valence-corrected chi connectivity index (χ1v) is 7.36. The maximum Gasteiger partial charge on any atom is 0.0637 e. The third-order valence-electron chi connectivity index (χ3n) is 3.82. The van der Waals surface area contributed by atoms with Crippen LogP contribution < -0.4 is 5.32 Å². The molecule has 1 fully saturated rings. The summed E-state index contributed by atoms with van der Waals surface area (Å²) in [6.45, 7) is 6.02. The summed E-state index contributed by atoms with van der Waals surface area (Å²) in [5, 5.41) is 3.67. The topological polar surface area (TPSA) is 24.5 Å². The first kappa shape index (κ1) is 14.5. The van der Waals surface area contributed by atoms with Crippen molar-refractivity contribution in [2.75, 3.05) is 26.8 Å². The zero-order chi connectivity index (χ0) is 13.5. The third kappa shape index (κ3) is 4.30. The Hall–Kier alpha value is -0.900. The highest BCUT2D eigenvalue weighted by Crippen LogP contribution is 2.15. The lowest BCUT2D eigenvalue weighted by Gasteiger charge is -2.38. The highest BCUT2D eigenvalue weighted by molar-refractivity contribution is 5.14. The van der Waals surface area contributed by atoms with Gasteiger partial charge in [-0.1, -0.05) is 37.3 Å². The van der Waals surface area contributed by atoms with E-state index in [1.165, 1.54) is 12.0 Å². The summed E-state index contributed by atoms with van der Waals surface area (Å²) in [4.78, 5) is 2.42. The molecular formula is C16H26N2O. The van der Waals surface area contributed by atoms with Gasteiger partial charge in [0.2, 0.25) is 0 Å². The van der Waals surface area contributed by atoms with Crippen molar-refractivity contribution in [2.24, 2.45) is 0 Å². The van der Waals surface area contributed by atoms with Crippen molar-refractivity contribution in [3.63, 3.8) is 0 Å². The van der Waals surface area contributed by atoms with Crippen molar-refractivity contribution in [3.05, 3.63) is 35.9 Å². The second kappa shape index (κ2) is 7.63. The summed E-state index contributed by atoms with van der Waals surface area (Å²) in [6, 6.07) is 11.7. The number of nitrogens with one attached hydrogen (secondary N) is 1. The highest BCUT2D eigenvalue weighted by atomic mass is 16.5. The maximum absolute atomic E-state index is 5.67. The molecule has 0 spiro atoms. The van der Waals surface area contributed by atoms with Crippen LogP contribution in [0.2, 0.25) is 0 Å². The lowest BCUT2D eigenvalue weighted by molar-refractivity contribution is 0.00350. The van der Waals surface area contributed by atoms with Crippen molar-refractivity contribution in [1.82, 2.24) is 10.2 Å². The molecule has 3 heteroatoms. The fourth-order valence-electron chi connectivity index (χ4n) is 2.71. The van der Waals surface area contributed by atoms with Crippen LogP contribution in [0.3, 0.4) is 0 Å². The molecule has 1 aliphatic rings. The van der Waals surface area contributed by atoms with Crippen molar-refractivity contribution >= 4 is 0 Å². The van der Waals surface area contributed by atoms with Crippen LogP contribution in [-0.4, -0.2) is 43.8 Å². The molecule has 3 nitrogen and oxygen atoms in total. The van der Waals surface area contributed by atoms with Gasteiger partial charge >= 0.3 is 0 Å². The minimum atomic E-state index is 0.473. The molecule has 2 unspecified atom stereocenters. The predicted octanol–water partition coefficient (Wildman–Crippen LogP) is 2.28. The van der Waals surface area contributed by atoms with Crippen LogP contribution in [0.25, 0.3) is 0 Å². The molecule has 0 aromatic heterocycles. The average Bonchev–Trinajstić information content (AvgIpc) is 2.46. The van der Waals surface area contributed by atoms with Crippen molar-refractivity contribution in [3.8, 4) is 0 Å². The molecule has 106 valence electrons. The van der Waals surface area contributed by atoms with E-state index in [0.29, 0.717) is 12.1 Å². The Kier molecular flexibility index (Phi) is 5.83. The molecule has 1 aliphatic heterocycles. The number of ether oxygens (including phenoxy) is 1. The highest BCUT2D eigenvalue weighted by Gasteiger charge is 2.28. The number of rotatable bonds is 6. The number of hydrogen-bond acceptors (Lipinski definition) is 3. The van der Waals surface area contributed by atoms with E-state index in [0.717, 1.165) is 32.7 Å². The first-order valence-electron chi connectivity index (χ1n) is 7.36. The van der Waals surface area contributed by atoms with Gasteiger partial charge < -0.3 is 10.1 Å². The van der Waals surface area contributed by atoms with Crippen molar-refractivity contribution in [1.29, 1.82) is 0 Å². The van der Waals surface area contributed by atoms with Crippen LogP contribution in [0, 0.1) is 0 Å². The number of likely N-dealkylation sites (N-methyl/N-ethyl adjacent to an activating group) is 1. The van der Waals surface area contributed by atoms with Gasteiger partial charge in [0, 0.05) is 25.2 Å². The van der Waals surface area contributed by atoms with Crippen LogP contribution in [0.15, 0.2) is 30.3 Å². The summed E-state index contributed by atoms with van der Waals surface area (Å²) < 4.78 is 5.67. The lowest BCUT2D eigenvalue weighted by Crippen LogP contribution is -2.54. The standard InChI is InChI=1S/C16H26N2O/c1-3-10-17-15-9-11-19-13-16(15)18(2)12-14-7-5-4-6-8-14/h4-8,15-17H,3,9-13H2,1-2H3. The Bertz CT molecular complexity index is 355. The Morgan fingerprint density at radius 2 is 2.11 bits per heavy atom. The van der Waals surface area contributed by atoms with Gasteiger partial charge in [-0.3, -0.25) is 4.90 Å². The molecular weight excluding hydrogens is 236 g/mol. The molecule has 2 rings (SSSR count). The third-order valence-corrected chi connectivity index (χ3v) is 3.82. The number of nitrogens with zero attached hydrogens (tertiary/aromatic N) is 1. The molecule has 0 radical (unpaired) electrons. The second-order valence-corrected chi connectivity index (χ2v) is 5.39. The van der Waals surface area contributed by atoms with E-state index >= 15 is 0 Å². The zero-order valence-corrected chi connectivity index (χ0v) is 12.1. The predicted molar refractivity (Wildman–Crippen MR) is 79.2 cm³/mol. The quantitative estimate of drug-likeness (QED) is 0.851. The Morgan fingerprint density at radius 3 is 2.84 bits per heavy atom. The van der Waals surface area contributed by atoms with Crippen molar-refractivity contribution < 1.29 is 4.74 Å². The molecule has 0 aliphatic carbocycles. The Labute approximate surface area is 116 Å². The van der Waals surface area contributed by atoms with Gasteiger partial charge in [0.05, 0.1) is 6.61 Å². The molecule has 0 saturated carbocycles. The largest absolute Gasteiger partial charge is 0.380 e. The van der Waals surface area contributed by atoms with E-state index in [9.17, 15) is 0 Å². The van der Waals surface area contributed by atoms with E-state index < -0.39 is 0 Å². The Balaban J connectivity index is 1.93. The summed E-state index contributed by atoms with van der Waals surface area (Å²) >= 11 is 0. The van der Waals surface area contributed by atoms with Crippen LogP contribution in [0.1, 0.15) is 25.3 Å². The number of benzene rings is 1. The number of hydrogen-bond donors (Lipinski definition) is 1. The minimum Gasteiger partial charge on any atom is -0.380 e. The fourth-order valence-corrected chi connectivity index (χ4v) is 2.71. The van der Waals surface area contributed by atoms with Crippen LogP contribution in [0.4, 0.5) is 0 Å². The van der Waals surface area contributed by atoms with Gasteiger partial charge in [0.15, 0.2) is 0 Å². The van der Waals surface area contributed by atoms with Gasteiger partial charge in [0.1, 0.15) is 0 Å². The maximum atomic E-state index is 5.67. The molecule has 2 atom stereocenters. The van der Waals surface area contributed by atoms with Crippen LogP contribution in [0.5, 0.6) is 0 Å². The van der Waals surface area contributed by atoms with E-state index in [1.807, 2.05) is 0 Å². The van der Waals surface area contributed by atoms with Crippen molar-refractivity contribution in [2.45, 2.75) is 38.4 Å². The second-order valence-electron chi connectivity index (χ2n) is 5.39. The molecule has 1 N–H and O–H groups in total. The monoisotopic (exact) mass is 262 g/mol. The van der Waals surface area contributed by atoms with E-state index in [2.05, 4.69) is 54.5 Å². The van der Waals surface area contributed by atoms with Gasteiger partial charge in [-0.2, -0.15) is 0 Å². The summed E-state index contributed by atoms with van der Waals surface area (Å²) in [5.74, 6) is 0. The molecule has 1 heterocycles.